The largest absolute Gasteiger partial charge is 0.497 e. The predicted molar refractivity (Wildman–Crippen MR) is 116 cm³/mol. The van der Waals surface area contributed by atoms with Crippen LogP contribution in [-0.4, -0.2) is 34.0 Å². The summed E-state index contributed by atoms with van der Waals surface area (Å²) < 4.78 is 5.17. The van der Waals surface area contributed by atoms with Gasteiger partial charge in [0.15, 0.2) is 5.82 Å². The maximum atomic E-state index is 12.5. The number of hydrogen-bond acceptors (Lipinski definition) is 5. The van der Waals surface area contributed by atoms with E-state index in [0.29, 0.717) is 16.9 Å². The molecule has 0 saturated carbocycles. The molecule has 3 aromatic rings. The molecule has 2 N–H and O–H groups in total. The van der Waals surface area contributed by atoms with E-state index >= 15 is 0 Å². The van der Waals surface area contributed by atoms with Gasteiger partial charge in [-0.1, -0.05) is 55.9 Å². The fourth-order valence-electron chi connectivity index (χ4n) is 2.99. The average Bonchev–Trinajstić information content (AvgIpc) is 3.21. The Bertz CT molecular complexity index is 910. The molecule has 152 valence electrons. The van der Waals surface area contributed by atoms with E-state index in [2.05, 4.69) is 46.5 Å². The van der Waals surface area contributed by atoms with E-state index < -0.39 is 0 Å². The lowest BCUT2D eigenvalue weighted by Gasteiger charge is -2.21. The Balaban J connectivity index is 1.57. The molecule has 1 aromatic heterocycles. The Labute approximate surface area is 175 Å². The molecule has 0 unspecified atom stereocenters. The van der Waals surface area contributed by atoms with Gasteiger partial charge in [-0.2, -0.15) is 0 Å². The molecule has 0 aliphatic heterocycles. The van der Waals surface area contributed by atoms with Crippen LogP contribution in [0.15, 0.2) is 59.8 Å². The first-order valence-electron chi connectivity index (χ1n) is 9.59. The summed E-state index contributed by atoms with van der Waals surface area (Å²) >= 11 is 1.32. The second-order valence-electron chi connectivity index (χ2n) is 7.14. The van der Waals surface area contributed by atoms with Crippen LogP contribution in [0.3, 0.4) is 0 Å². The first kappa shape index (κ1) is 20.9. The van der Waals surface area contributed by atoms with Gasteiger partial charge in [-0.15, -0.1) is 5.10 Å². The Morgan fingerprint density at radius 1 is 1.14 bits per heavy atom. The minimum Gasteiger partial charge on any atom is -0.497 e. The van der Waals surface area contributed by atoms with Crippen molar-refractivity contribution in [2.45, 2.75) is 31.5 Å². The number of thioether (sulfide) groups is 1. The van der Waals surface area contributed by atoms with Gasteiger partial charge in [-0.3, -0.25) is 9.89 Å². The van der Waals surface area contributed by atoms with Crippen molar-refractivity contribution in [2.75, 3.05) is 12.9 Å². The third-order valence-corrected chi connectivity index (χ3v) is 5.25. The topological polar surface area (TPSA) is 79.9 Å². The van der Waals surface area contributed by atoms with Crippen molar-refractivity contribution >= 4 is 17.7 Å². The van der Waals surface area contributed by atoms with Gasteiger partial charge in [0, 0.05) is 5.56 Å². The molecule has 2 aromatic carbocycles. The van der Waals surface area contributed by atoms with E-state index in [1.807, 2.05) is 42.5 Å². The number of aromatic amines is 1. The van der Waals surface area contributed by atoms with E-state index in [-0.39, 0.29) is 17.7 Å². The fourth-order valence-corrected chi connectivity index (χ4v) is 3.60. The monoisotopic (exact) mass is 410 g/mol. The molecule has 1 heterocycles. The van der Waals surface area contributed by atoms with Crippen molar-refractivity contribution in [3.05, 3.63) is 60.2 Å². The zero-order valence-corrected chi connectivity index (χ0v) is 17.7. The number of ether oxygens (including phenoxy) is 1. The van der Waals surface area contributed by atoms with E-state index in [4.69, 9.17) is 4.74 Å². The first-order valence-corrected chi connectivity index (χ1v) is 10.6. The van der Waals surface area contributed by atoms with Crippen LogP contribution >= 0.6 is 11.8 Å². The van der Waals surface area contributed by atoms with E-state index in [1.54, 1.807) is 7.11 Å². The molecule has 1 atom stereocenters. The number of rotatable bonds is 9. The average molecular weight is 411 g/mol. The van der Waals surface area contributed by atoms with Crippen LogP contribution in [-0.2, 0) is 4.79 Å². The number of benzene rings is 2. The van der Waals surface area contributed by atoms with E-state index in [0.717, 1.165) is 23.3 Å². The summed E-state index contributed by atoms with van der Waals surface area (Å²) in [5.41, 5.74) is 2.04. The number of nitrogens with one attached hydrogen (secondary N) is 2. The molecule has 1 amide bonds. The van der Waals surface area contributed by atoms with Gasteiger partial charge in [-0.05, 0) is 42.2 Å². The van der Waals surface area contributed by atoms with Crippen molar-refractivity contribution in [1.29, 1.82) is 0 Å². The minimum atomic E-state index is -0.0275. The summed E-state index contributed by atoms with van der Waals surface area (Å²) in [6.07, 6.45) is 0.892. The number of amides is 1. The van der Waals surface area contributed by atoms with Gasteiger partial charge < -0.3 is 10.1 Å². The highest BCUT2D eigenvalue weighted by Crippen LogP contribution is 2.23. The Kier molecular flexibility index (Phi) is 7.30. The maximum absolute atomic E-state index is 12.5. The summed E-state index contributed by atoms with van der Waals surface area (Å²) in [7, 11) is 1.63. The van der Waals surface area contributed by atoms with Crippen molar-refractivity contribution in [2.24, 2.45) is 5.92 Å². The smallest absolute Gasteiger partial charge is 0.230 e. The first-order chi connectivity index (χ1) is 14.0. The maximum Gasteiger partial charge on any atom is 0.230 e. The zero-order chi connectivity index (χ0) is 20.6. The number of carbonyl (C=O) groups is 1. The molecule has 0 fully saturated rings. The van der Waals surface area contributed by atoms with E-state index in [1.165, 1.54) is 11.8 Å². The number of H-pyrrole nitrogens is 1. The number of hydrogen-bond donors (Lipinski definition) is 2. The van der Waals surface area contributed by atoms with Crippen LogP contribution in [0.25, 0.3) is 11.4 Å². The molecule has 7 heteroatoms. The number of aromatic nitrogens is 3. The van der Waals surface area contributed by atoms with Crippen molar-refractivity contribution in [1.82, 2.24) is 20.5 Å². The number of carbonyl (C=O) groups excluding carboxylic acids is 1. The van der Waals surface area contributed by atoms with Gasteiger partial charge in [-0.25, -0.2) is 4.98 Å². The molecule has 0 radical (unpaired) electrons. The van der Waals surface area contributed by atoms with Crippen LogP contribution in [0.4, 0.5) is 0 Å². The van der Waals surface area contributed by atoms with Gasteiger partial charge >= 0.3 is 0 Å². The normalized spacial score (nSPS) is 12.0. The third kappa shape index (κ3) is 6.09. The highest BCUT2D eigenvalue weighted by Gasteiger charge is 2.17. The lowest BCUT2D eigenvalue weighted by Crippen LogP contribution is -2.30. The van der Waals surface area contributed by atoms with Crippen molar-refractivity contribution < 1.29 is 9.53 Å². The molecule has 29 heavy (non-hydrogen) atoms. The van der Waals surface area contributed by atoms with Crippen LogP contribution in [0.1, 0.15) is 31.9 Å². The van der Waals surface area contributed by atoms with Crippen LogP contribution < -0.4 is 10.1 Å². The molecular formula is C22H26N4O2S. The second-order valence-corrected chi connectivity index (χ2v) is 8.09. The number of methoxy groups -OCH3 is 1. The van der Waals surface area contributed by atoms with Crippen LogP contribution in [0.2, 0.25) is 0 Å². The molecule has 0 aliphatic rings. The van der Waals surface area contributed by atoms with Crippen LogP contribution in [0.5, 0.6) is 5.75 Å². The summed E-state index contributed by atoms with van der Waals surface area (Å²) in [4.78, 5) is 17.0. The standard InChI is InChI=1S/C22H26N4O2S/c1-15(2)13-19(16-7-5-4-6-8-16)23-20(27)14-29-22-24-21(25-26-22)17-9-11-18(28-3)12-10-17/h4-12,15,19H,13-14H2,1-3H3,(H,23,27)(H,24,25,26)/t19-/m0/s1. The molecule has 0 spiro atoms. The molecule has 0 aliphatic carbocycles. The van der Waals surface area contributed by atoms with E-state index in [9.17, 15) is 4.79 Å². The lowest BCUT2D eigenvalue weighted by atomic mass is 9.97. The fraction of sp³-hybridized carbons (Fsp3) is 0.318. The minimum absolute atomic E-state index is 0.00584. The van der Waals surface area contributed by atoms with Gasteiger partial charge in [0.25, 0.3) is 0 Å². The number of nitrogens with zero attached hydrogens (tertiary/aromatic N) is 2. The summed E-state index contributed by atoms with van der Waals surface area (Å²) in [5.74, 6) is 2.17. The zero-order valence-electron chi connectivity index (χ0n) is 16.9. The Morgan fingerprint density at radius 3 is 2.52 bits per heavy atom. The van der Waals surface area contributed by atoms with Crippen molar-refractivity contribution in [3.63, 3.8) is 0 Å². The van der Waals surface area contributed by atoms with Gasteiger partial charge in [0.1, 0.15) is 5.75 Å². The Hall–Kier alpha value is -2.80. The predicted octanol–water partition coefficient (Wildman–Crippen LogP) is 4.48. The van der Waals surface area contributed by atoms with Gasteiger partial charge in [0.05, 0.1) is 18.9 Å². The second kappa shape index (κ2) is 10.1. The summed E-state index contributed by atoms with van der Waals surface area (Å²) in [6.45, 7) is 4.32. The SMILES string of the molecule is COc1ccc(-c2nc(SCC(=O)N[C@@H](CC(C)C)c3ccccc3)n[nH]2)cc1. The third-order valence-electron chi connectivity index (χ3n) is 4.40. The highest BCUT2D eigenvalue weighted by atomic mass is 32.2. The summed E-state index contributed by atoms with van der Waals surface area (Å²) in [6, 6.07) is 17.7. The van der Waals surface area contributed by atoms with Crippen molar-refractivity contribution in [3.8, 4) is 17.1 Å². The van der Waals surface area contributed by atoms with Gasteiger partial charge in [0.2, 0.25) is 11.1 Å². The molecule has 6 nitrogen and oxygen atoms in total. The highest BCUT2D eigenvalue weighted by molar-refractivity contribution is 7.99. The molecule has 0 bridgehead atoms. The molecule has 0 saturated heterocycles. The molecule has 3 rings (SSSR count). The Morgan fingerprint density at radius 2 is 1.86 bits per heavy atom. The summed E-state index contributed by atoms with van der Waals surface area (Å²) in [5, 5.41) is 10.8. The quantitative estimate of drug-likeness (QED) is 0.509. The van der Waals surface area contributed by atoms with Crippen LogP contribution in [0, 0.1) is 5.92 Å². The lowest BCUT2D eigenvalue weighted by molar-refractivity contribution is -0.119. The molecular weight excluding hydrogens is 384 g/mol.